The summed E-state index contributed by atoms with van der Waals surface area (Å²) in [6, 6.07) is 16.9. The molecule has 1 aliphatic heterocycles. The van der Waals surface area contributed by atoms with E-state index in [2.05, 4.69) is 5.32 Å². The lowest BCUT2D eigenvalue weighted by Gasteiger charge is -2.38. The lowest BCUT2D eigenvalue weighted by atomic mass is 9.77. The maximum atomic E-state index is 12.1. The fourth-order valence-corrected chi connectivity index (χ4v) is 7.86. The molecule has 3 N–H and O–H groups in total. The Morgan fingerprint density at radius 2 is 1.59 bits per heavy atom. The van der Waals surface area contributed by atoms with Gasteiger partial charge < -0.3 is 5.32 Å². The topological polar surface area (TPSA) is 158 Å². The summed E-state index contributed by atoms with van der Waals surface area (Å²) in [5.41, 5.74) is 1.68. The molecule has 0 spiro atoms. The highest BCUT2D eigenvalue weighted by Gasteiger charge is 2.51. The Balaban J connectivity index is 1.61. The van der Waals surface area contributed by atoms with Crippen LogP contribution >= 0.6 is 23.4 Å². The molecule has 0 unspecified atom stereocenters. The molecule has 1 saturated carbocycles. The van der Waals surface area contributed by atoms with Crippen molar-refractivity contribution in [3.63, 3.8) is 0 Å². The van der Waals surface area contributed by atoms with Crippen LogP contribution in [0.2, 0.25) is 0 Å². The van der Waals surface area contributed by atoms with Gasteiger partial charge in [0.25, 0.3) is 11.4 Å². The first-order valence-electron chi connectivity index (χ1n) is 11.3. The summed E-state index contributed by atoms with van der Waals surface area (Å²) in [4.78, 5) is 22.9. The lowest BCUT2D eigenvalue weighted by molar-refractivity contribution is -0.387. The summed E-state index contributed by atoms with van der Waals surface area (Å²) in [6.07, 6.45) is 0.484. The lowest BCUT2D eigenvalue weighted by Crippen LogP contribution is -2.32. The van der Waals surface area contributed by atoms with Gasteiger partial charge in [0, 0.05) is 29.0 Å². The molecule has 0 amide bonds. The van der Waals surface area contributed by atoms with E-state index in [1.54, 1.807) is 42.5 Å². The van der Waals surface area contributed by atoms with Crippen LogP contribution in [0.5, 0.6) is 0 Å². The highest BCUT2D eigenvalue weighted by Crippen LogP contribution is 2.58. The Hall–Kier alpha value is -3.19. The van der Waals surface area contributed by atoms with E-state index in [1.165, 1.54) is 36.0 Å². The molecule has 2 aliphatic rings. The number of nitrogens with one attached hydrogen (secondary N) is 1. The summed E-state index contributed by atoms with van der Waals surface area (Å²) in [5, 5.41) is 31.3. The van der Waals surface area contributed by atoms with Crippen LogP contribution < -0.4 is 10.5 Å². The number of rotatable bonds is 6. The summed E-state index contributed by atoms with van der Waals surface area (Å²) < 4.78 is 24.2. The zero-order valence-electron chi connectivity index (χ0n) is 19.1. The molecule has 10 nitrogen and oxygen atoms in total. The molecule has 37 heavy (non-hydrogen) atoms. The summed E-state index contributed by atoms with van der Waals surface area (Å²) in [7, 11) is -3.98. The van der Waals surface area contributed by atoms with E-state index in [0.717, 1.165) is 0 Å². The average Bonchev–Trinajstić information content (AvgIpc) is 3.19. The fraction of sp³-hybridized carbons (Fsp3) is 0.250. The number of fused-ring (bicyclic) bond motifs is 3. The van der Waals surface area contributed by atoms with E-state index in [9.17, 15) is 28.6 Å². The van der Waals surface area contributed by atoms with Crippen molar-refractivity contribution in [2.24, 2.45) is 11.1 Å². The predicted molar refractivity (Wildman–Crippen MR) is 141 cm³/mol. The van der Waals surface area contributed by atoms with Gasteiger partial charge in [-0.25, -0.2) is 13.6 Å². The van der Waals surface area contributed by atoms with Crippen LogP contribution in [0.4, 0.5) is 17.1 Å². The van der Waals surface area contributed by atoms with E-state index in [4.69, 9.17) is 16.7 Å². The van der Waals surface area contributed by atoms with Crippen LogP contribution in [-0.4, -0.2) is 28.9 Å². The van der Waals surface area contributed by atoms with Crippen molar-refractivity contribution in [3.8, 4) is 0 Å². The smallest absolute Gasteiger partial charge is 0.282 e. The molecule has 192 valence electrons. The number of thioether (sulfide) groups is 1. The molecule has 1 heterocycles. The van der Waals surface area contributed by atoms with Crippen molar-refractivity contribution in [3.05, 3.63) is 98.1 Å². The number of nitrogens with zero attached hydrogens (tertiary/aromatic N) is 2. The second-order valence-corrected chi connectivity index (χ2v) is 12.3. The van der Waals surface area contributed by atoms with E-state index in [1.807, 2.05) is 0 Å². The maximum absolute atomic E-state index is 12.1. The number of hydrogen-bond donors (Lipinski definition) is 2. The number of alkyl halides is 1. The van der Waals surface area contributed by atoms with Crippen molar-refractivity contribution >= 4 is 50.4 Å². The van der Waals surface area contributed by atoms with Gasteiger partial charge in [0.1, 0.15) is 0 Å². The minimum Gasteiger partial charge on any atom is -0.377 e. The molecule has 1 aliphatic carbocycles. The molecule has 0 saturated heterocycles. The number of hydrogen-bond acceptors (Lipinski definition) is 8. The number of halogens is 1. The second kappa shape index (κ2) is 9.60. The molecule has 3 aromatic carbocycles. The third-order valence-corrected chi connectivity index (χ3v) is 9.95. The quantitative estimate of drug-likeness (QED) is 0.237. The standard InChI is InChI=1S/C24H21ClN4O6S2/c25-23-21(36-20-8-4-3-7-19(20)29(32)33)12-16-22(23)15-11-13(37(26,34)35)9-10-17(15)27-24(16)14-5-1-2-6-18(14)28(30)31/h1-11,16,21-24,27H,12H2,(H2,26,34,35)/t16-,21-,22+,23-,24-/m0/s1. The van der Waals surface area contributed by atoms with E-state index >= 15 is 0 Å². The van der Waals surface area contributed by atoms with Gasteiger partial charge in [-0.1, -0.05) is 30.3 Å². The Bertz CT molecular complexity index is 1520. The van der Waals surface area contributed by atoms with Gasteiger partial charge in [-0.05, 0) is 42.2 Å². The predicted octanol–water partition coefficient (Wildman–Crippen LogP) is 5.19. The maximum Gasteiger partial charge on any atom is 0.282 e. The molecule has 13 heteroatoms. The molecule has 5 rings (SSSR count). The Morgan fingerprint density at radius 1 is 0.946 bits per heavy atom. The average molecular weight is 561 g/mol. The molecule has 0 aromatic heterocycles. The molecular formula is C24H21ClN4O6S2. The van der Waals surface area contributed by atoms with Gasteiger partial charge in [-0.2, -0.15) is 0 Å². The highest BCUT2D eigenvalue weighted by atomic mass is 35.5. The van der Waals surface area contributed by atoms with E-state index in [-0.39, 0.29) is 33.4 Å². The zero-order valence-corrected chi connectivity index (χ0v) is 21.4. The third-order valence-electron chi connectivity index (χ3n) is 6.92. The number of benzene rings is 3. The first-order chi connectivity index (χ1) is 17.6. The van der Waals surface area contributed by atoms with Gasteiger partial charge >= 0.3 is 0 Å². The number of nitro groups is 2. The first-order valence-corrected chi connectivity index (χ1v) is 14.1. The van der Waals surface area contributed by atoms with Gasteiger partial charge in [-0.15, -0.1) is 23.4 Å². The van der Waals surface area contributed by atoms with Crippen molar-refractivity contribution in [2.75, 3.05) is 5.32 Å². The monoisotopic (exact) mass is 560 g/mol. The Labute approximate surface area is 221 Å². The normalized spacial score (nSPS) is 24.5. The summed E-state index contributed by atoms with van der Waals surface area (Å²) in [6.45, 7) is 0. The van der Waals surface area contributed by atoms with Crippen molar-refractivity contribution in [2.45, 2.75) is 38.8 Å². The van der Waals surface area contributed by atoms with Crippen LogP contribution in [0, 0.1) is 26.1 Å². The minimum atomic E-state index is -3.98. The van der Waals surface area contributed by atoms with Crippen LogP contribution in [0.25, 0.3) is 0 Å². The largest absolute Gasteiger partial charge is 0.377 e. The Kier molecular flexibility index (Phi) is 6.61. The zero-order chi connectivity index (χ0) is 26.5. The SMILES string of the molecule is NS(=O)(=O)c1ccc2c(c1)[C@H]1[C@@H](Cl)[C@@H](Sc3ccccc3[N+](=O)[O-])C[C@@H]1[C@H](c1ccccc1[N+](=O)[O-])N2. The second-order valence-electron chi connectivity index (χ2n) is 8.98. The molecule has 3 aromatic rings. The number of nitro benzene ring substituents is 2. The van der Waals surface area contributed by atoms with Crippen LogP contribution in [0.15, 0.2) is 76.5 Å². The van der Waals surface area contributed by atoms with Gasteiger partial charge in [-0.3, -0.25) is 20.2 Å². The molecular weight excluding hydrogens is 540 g/mol. The highest BCUT2D eigenvalue weighted by molar-refractivity contribution is 8.00. The first kappa shape index (κ1) is 25.5. The minimum absolute atomic E-state index is 0.0310. The summed E-state index contributed by atoms with van der Waals surface area (Å²) in [5.74, 6) is -0.642. The van der Waals surface area contributed by atoms with E-state index in [0.29, 0.717) is 28.1 Å². The van der Waals surface area contributed by atoms with Gasteiger partial charge in [0.15, 0.2) is 0 Å². The van der Waals surface area contributed by atoms with Crippen LogP contribution in [-0.2, 0) is 10.0 Å². The van der Waals surface area contributed by atoms with Gasteiger partial charge in [0.2, 0.25) is 10.0 Å². The number of sulfonamides is 1. The number of primary sulfonamides is 1. The molecule has 0 bridgehead atoms. The van der Waals surface area contributed by atoms with Crippen molar-refractivity contribution < 1.29 is 18.3 Å². The molecule has 1 fully saturated rings. The third kappa shape index (κ3) is 4.65. The van der Waals surface area contributed by atoms with E-state index < -0.39 is 31.3 Å². The van der Waals surface area contributed by atoms with Crippen molar-refractivity contribution in [1.82, 2.24) is 0 Å². The summed E-state index contributed by atoms with van der Waals surface area (Å²) >= 11 is 8.34. The van der Waals surface area contributed by atoms with Crippen LogP contribution in [0.1, 0.15) is 29.5 Å². The molecule has 5 atom stereocenters. The number of anilines is 1. The number of nitrogens with two attached hydrogens (primary N) is 1. The van der Waals surface area contributed by atoms with Gasteiger partial charge in [0.05, 0.1) is 36.6 Å². The number of para-hydroxylation sites is 2. The molecule has 0 radical (unpaired) electrons. The Morgan fingerprint density at radius 3 is 2.27 bits per heavy atom. The van der Waals surface area contributed by atoms with Crippen molar-refractivity contribution in [1.29, 1.82) is 0 Å². The fourth-order valence-electron chi connectivity index (χ4n) is 5.37. The van der Waals surface area contributed by atoms with Crippen LogP contribution in [0.3, 0.4) is 0 Å².